The van der Waals surface area contributed by atoms with Crippen molar-refractivity contribution in [2.45, 2.75) is 142 Å². The van der Waals surface area contributed by atoms with Crippen LogP contribution in [-0.4, -0.2) is 81.6 Å². The van der Waals surface area contributed by atoms with Gasteiger partial charge in [0.15, 0.2) is 6.10 Å². The van der Waals surface area contributed by atoms with Gasteiger partial charge >= 0.3 is 27.6 Å². The van der Waals surface area contributed by atoms with Crippen molar-refractivity contribution in [2.75, 3.05) is 26.4 Å². The van der Waals surface area contributed by atoms with Crippen LogP contribution >= 0.6 is 15.6 Å². The lowest BCUT2D eigenvalue weighted by molar-refractivity contribution is -0.161. The second kappa shape index (κ2) is 33.9. The molecule has 0 amide bonds. The Kier molecular flexibility index (Phi) is 32.5. The minimum atomic E-state index is -4.87. The molecule has 0 aromatic carbocycles. The molecule has 5 atom stereocenters. The molecule has 0 heterocycles. The highest BCUT2D eigenvalue weighted by atomic mass is 31.2. The third kappa shape index (κ3) is 37.1. The Balaban J connectivity index is 4.77. The van der Waals surface area contributed by atoms with E-state index in [0.29, 0.717) is 32.1 Å². The second-order valence-corrected chi connectivity index (χ2v) is 16.0. The summed E-state index contributed by atoms with van der Waals surface area (Å²) in [6, 6.07) is 0. The molecule has 14 nitrogen and oxygen atoms in total. The van der Waals surface area contributed by atoms with Crippen LogP contribution in [-0.2, 0) is 41.8 Å². The molecule has 0 aromatic heterocycles. The molecule has 16 heteroatoms. The van der Waals surface area contributed by atoms with Crippen LogP contribution in [0.25, 0.3) is 0 Å². The number of carbonyl (C=O) groups excluding carboxylic acids is 2. The Labute approximate surface area is 328 Å². The molecule has 55 heavy (non-hydrogen) atoms. The molecule has 0 aliphatic heterocycles. The van der Waals surface area contributed by atoms with E-state index in [2.05, 4.69) is 42.0 Å². The van der Waals surface area contributed by atoms with Gasteiger partial charge in [-0.2, -0.15) is 0 Å². The van der Waals surface area contributed by atoms with E-state index >= 15 is 0 Å². The molecule has 0 rings (SSSR count). The highest BCUT2D eigenvalue weighted by Gasteiger charge is 2.28. The maximum atomic E-state index is 12.6. The first-order valence-electron chi connectivity index (χ1n) is 19.5. The van der Waals surface area contributed by atoms with Gasteiger partial charge in [0.25, 0.3) is 0 Å². The highest BCUT2D eigenvalue weighted by Crippen LogP contribution is 2.43. The van der Waals surface area contributed by atoms with E-state index in [-0.39, 0.29) is 12.8 Å². The van der Waals surface area contributed by atoms with Crippen LogP contribution in [0.4, 0.5) is 0 Å². The monoisotopic (exact) mass is 822 g/mol. The van der Waals surface area contributed by atoms with Crippen LogP contribution in [0.1, 0.15) is 124 Å². The Hall–Kier alpha value is -2.22. The molecule has 0 saturated heterocycles. The molecular weight excluding hydrogens is 754 g/mol. The van der Waals surface area contributed by atoms with E-state index in [9.17, 15) is 33.8 Å². The largest absolute Gasteiger partial charge is 0.472 e. The number of carbonyl (C=O) groups is 2. The summed E-state index contributed by atoms with van der Waals surface area (Å²) >= 11 is 0. The molecule has 0 aliphatic carbocycles. The number of phosphoric acid groups is 2. The molecule has 0 fully saturated rings. The van der Waals surface area contributed by atoms with Crippen molar-refractivity contribution in [2.24, 2.45) is 5.92 Å². The standard InChI is InChI=1S/C39H68O14P2/c1-4-6-7-8-16-21-26-35(40)27-22-17-11-9-10-12-19-24-29-39(43)53-37(33-52-55(47,48)51-31-36(41)30-50-54(44,45)46)32-49-38(42)28-23-18-14-13-15-20-25-34(3)5-2/h6-7,10-12,16-17,21-22,27,34-37,40-41H,4-5,8-9,13-15,18-20,23-26,28-33H2,1-3H3,(H,47,48)(H2,44,45,46)/b7-6-,12-10-,17-11-,21-16-,27-22+/t34?,35?,36-,37+/m0/s1. The predicted octanol–water partition coefficient (Wildman–Crippen LogP) is 8.10. The predicted molar refractivity (Wildman–Crippen MR) is 213 cm³/mol. The summed E-state index contributed by atoms with van der Waals surface area (Å²) in [7, 11) is -9.71. The minimum absolute atomic E-state index is 0.0188. The molecular formula is C39H68O14P2. The molecule has 0 bridgehead atoms. The summed E-state index contributed by atoms with van der Waals surface area (Å²) in [5.74, 6) is -0.409. The molecule has 0 radical (unpaired) electrons. The summed E-state index contributed by atoms with van der Waals surface area (Å²) in [5, 5.41) is 19.7. The number of hydrogen-bond donors (Lipinski definition) is 5. The zero-order chi connectivity index (χ0) is 41.2. The number of allylic oxidation sites excluding steroid dienone is 8. The first-order valence-corrected chi connectivity index (χ1v) is 22.5. The fourth-order valence-electron chi connectivity index (χ4n) is 4.68. The van der Waals surface area contributed by atoms with Gasteiger partial charge < -0.3 is 34.4 Å². The fourth-order valence-corrected chi connectivity index (χ4v) is 5.83. The van der Waals surface area contributed by atoms with Crippen molar-refractivity contribution in [3.8, 4) is 0 Å². The van der Waals surface area contributed by atoms with Gasteiger partial charge in [-0.1, -0.05) is 126 Å². The number of aliphatic hydroxyl groups excluding tert-OH is 2. The molecule has 3 unspecified atom stereocenters. The summed E-state index contributed by atoms with van der Waals surface area (Å²) in [6.45, 7) is 3.70. The van der Waals surface area contributed by atoms with E-state index in [0.717, 1.165) is 44.4 Å². The summed E-state index contributed by atoms with van der Waals surface area (Å²) < 4.78 is 47.5. The number of esters is 2. The minimum Gasteiger partial charge on any atom is -0.462 e. The summed E-state index contributed by atoms with van der Waals surface area (Å²) in [4.78, 5) is 52.4. The maximum absolute atomic E-state index is 12.6. The van der Waals surface area contributed by atoms with Gasteiger partial charge in [0.2, 0.25) is 0 Å². The number of phosphoric ester groups is 2. The lowest BCUT2D eigenvalue weighted by atomic mass is 10.00. The van der Waals surface area contributed by atoms with Crippen molar-refractivity contribution in [3.63, 3.8) is 0 Å². The smallest absolute Gasteiger partial charge is 0.462 e. The SMILES string of the molecule is CC/C=C\C/C=C\CC(O)/C=C/C=C\C/C=C\CCCC(=O)O[C@H](COC(=O)CCCCCCCCC(C)CC)COP(=O)(O)OC[C@@H](O)COP(=O)(O)O. The van der Waals surface area contributed by atoms with Crippen LogP contribution in [0.3, 0.4) is 0 Å². The van der Waals surface area contributed by atoms with E-state index in [1.807, 2.05) is 36.5 Å². The first-order chi connectivity index (χ1) is 26.2. The lowest BCUT2D eigenvalue weighted by Gasteiger charge is -2.20. The Morgan fingerprint density at radius 3 is 2.00 bits per heavy atom. The van der Waals surface area contributed by atoms with E-state index < -0.39 is 72.3 Å². The van der Waals surface area contributed by atoms with Crippen molar-refractivity contribution < 1.29 is 66.7 Å². The lowest BCUT2D eigenvalue weighted by Crippen LogP contribution is -2.29. The van der Waals surface area contributed by atoms with Crippen molar-refractivity contribution in [3.05, 3.63) is 60.8 Å². The van der Waals surface area contributed by atoms with Gasteiger partial charge in [0.1, 0.15) is 12.7 Å². The summed E-state index contributed by atoms with van der Waals surface area (Å²) in [6.07, 6.45) is 28.6. The molecule has 318 valence electrons. The van der Waals surface area contributed by atoms with Gasteiger partial charge in [-0.25, -0.2) is 9.13 Å². The maximum Gasteiger partial charge on any atom is 0.472 e. The fraction of sp³-hybridized carbons (Fsp3) is 0.692. The number of ether oxygens (including phenoxy) is 2. The number of hydrogen-bond acceptors (Lipinski definition) is 11. The topological polar surface area (TPSA) is 216 Å². The third-order valence-electron chi connectivity index (χ3n) is 8.03. The van der Waals surface area contributed by atoms with Crippen LogP contribution in [0, 0.1) is 5.92 Å². The van der Waals surface area contributed by atoms with Crippen molar-refractivity contribution in [1.82, 2.24) is 0 Å². The van der Waals surface area contributed by atoms with Gasteiger partial charge in [-0.3, -0.25) is 23.2 Å². The quantitative estimate of drug-likeness (QED) is 0.0134. The average Bonchev–Trinajstić information content (AvgIpc) is 3.13. The zero-order valence-corrected chi connectivity index (χ0v) is 34.8. The molecule has 5 N–H and O–H groups in total. The first kappa shape index (κ1) is 52.8. The third-order valence-corrected chi connectivity index (χ3v) is 9.47. The zero-order valence-electron chi connectivity index (χ0n) is 33.0. The molecule has 0 spiro atoms. The van der Waals surface area contributed by atoms with Crippen LogP contribution in [0.15, 0.2) is 60.8 Å². The van der Waals surface area contributed by atoms with Gasteiger partial charge in [-0.05, 0) is 50.9 Å². The Morgan fingerprint density at radius 2 is 1.29 bits per heavy atom. The van der Waals surface area contributed by atoms with E-state index in [1.165, 1.54) is 19.3 Å². The Morgan fingerprint density at radius 1 is 0.673 bits per heavy atom. The molecule has 0 saturated carbocycles. The molecule has 0 aliphatic rings. The second-order valence-electron chi connectivity index (χ2n) is 13.3. The Bertz CT molecular complexity index is 1240. The van der Waals surface area contributed by atoms with Crippen molar-refractivity contribution >= 4 is 27.6 Å². The van der Waals surface area contributed by atoms with Gasteiger partial charge in [-0.15, -0.1) is 0 Å². The highest BCUT2D eigenvalue weighted by molar-refractivity contribution is 7.47. The van der Waals surface area contributed by atoms with Gasteiger partial charge in [0.05, 0.1) is 25.9 Å². The average molecular weight is 823 g/mol. The number of rotatable bonds is 35. The summed E-state index contributed by atoms with van der Waals surface area (Å²) in [5.41, 5.74) is 0. The van der Waals surface area contributed by atoms with Crippen LogP contribution in [0.2, 0.25) is 0 Å². The van der Waals surface area contributed by atoms with Crippen molar-refractivity contribution in [1.29, 1.82) is 0 Å². The van der Waals surface area contributed by atoms with Crippen LogP contribution in [0.5, 0.6) is 0 Å². The molecule has 0 aromatic rings. The number of unbranched alkanes of at least 4 members (excludes halogenated alkanes) is 6. The van der Waals surface area contributed by atoms with E-state index in [1.54, 1.807) is 12.2 Å². The normalized spacial score (nSPS) is 16.0. The van der Waals surface area contributed by atoms with Gasteiger partial charge in [0, 0.05) is 12.8 Å². The number of aliphatic hydroxyl groups is 2. The van der Waals surface area contributed by atoms with E-state index in [4.69, 9.17) is 23.8 Å². The van der Waals surface area contributed by atoms with Crippen LogP contribution < -0.4 is 0 Å².